The molecule has 0 spiro atoms. The number of amides is 1. The van der Waals surface area contributed by atoms with Crippen molar-refractivity contribution in [3.63, 3.8) is 0 Å². The van der Waals surface area contributed by atoms with Gasteiger partial charge in [-0.15, -0.1) is 0 Å². The van der Waals surface area contributed by atoms with Gasteiger partial charge in [-0.05, 0) is 42.3 Å². The Hall–Kier alpha value is -3.01. The maximum Gasteiger partial charge on any atom is 0.286 e. The Morgan fingerprint density at radius 3 is 2.70 bits per heavy atom. The van der Waals surface area contributed by atoms with E-state index >= 15 is 0 Å². The fourth-order valence-electron chi connectivity index (χ4n) is 2.16. The lowest BCUT2D eigenvalue weighted by Gasteiger charge is -2.04. The number of halogens is 1. The molecule has 7 heteroatoms. The summed E-state index contributed by atoms with van der Waals surface area (Å²) < 4.78 is 16.7. The fourth-order valence-corrected chi connectivity index (χ4v) is 3.62. The van der Waals surface area contributed by atoms with Gasteiger partial charge in [-0.25, -0.2) is 9.19 Å². The molecule has 3 rings (SSSR count). The van der Waals surface area contributed by atoms with Crippen LogP contribution in [-0.2, 0) is 9.73 Å². The topological polar surface area (TPSA) is 72.3 Å². The largest absolute Gasteiger partial charge is 0.286 e. The summed E-state index contributed by atoms with van der Waals surface area (Å²) in [5.41, 5.74) is 1.35. The van der Waals surface area contributed by atoms with E-state index < -0.39 is 15.6 Å². The highest BCUT2D eigenvalue weighted by Gasteiger charge is 2.12. The Morgan fingerprint density at radius 1 is 1.11 bits per heavy atom. The summed E-state index contributed by atoms with van der Waals surface area (Å²) in [6.45, 7) is 0. The van der Waals surface area contributed by atoms with Gasteiger partial charge in [0.15, 0.2) is 0 Å². The molecule has 1 atom stereocenters. The first-order chi connectivity index (χ1) is 12.9. The van der Waals surface area contributed by atoms with Crippen LogP contribution >= 0.6 is 11.6 Å². The van der Waals surface area contributed by atoms with Crippen molar-refractivity contribution in [2.45, 2.75) is 4.90 Å². The van der Waals surface area contributed by atoms with Crippen molar-refractivity contribution < 1.29 is 9.00 Å². The van der Waals surface area contributed by atoms with Crippen molar-refractivity contribution in [3.05, 3.63) is 89.0 Å². The number of aromatic nitrogens is 2. The maximum atomic E-state index is 12.8. The average Bonchev–Trinajstić information content (AvgIpc) is 2.67. The summed E-state index contributed by atoms with van der Waals surface area (Å²) in [6, 6.07) is 13.5. The highest BCUT2D eigenvalue weighted by molar-refractivity contribution is 7.93. The second-order valence-corrected chi connectivity index (χ2v) is 8.28. The van der Waals surface area contributed by atoms with E-state index in [2.05, 4.69) is 26.2 Å². The van der Waals surface area contributed by atoms with Crippen molar-refractivity contribution >= 4 is 27.2 Å². The molecule has 0 fully saturated rings. The molecule has 0 saturated carbocycles. The van der Waals surface area contributed by atoms with Gasteiger partial charge in [-0.3, -0.25) is 9.78 Å². The van der Waals surface area contributed by atoms with E-state index in [9.17, 15) is 9.00 Å². The summed E-state index contributed by atoms with van der Waals surface area (Å²) in [6.07, 6.45) is 5.95. The van der Waals surface area contributed by atoms with Crippen LogP contribution in [0.3, 0.4) is 0 Å². The van der Waals surface area contributed by atoms with E-state index in [1.54, 1.807) is 42.6 Å². The summed E-state index contributed by atoms with van der Waals surface area (Å²) in [5.74, 6) is 5.17. The number of pyridine rings is 2. The molecule has 1 aromatic carbocycles. The van der Waals surface area contributed by atoms with Gasteiger partial charge in [0, 0.05) is 40.3 Å². The number of rotatable bonds is 2. The first kappa shape index (κ1) is 18.8. The van der Waals surface area contributed by atoms with Gasteiger partial charge in [-0.2, -0.15) is 4.36 Å². The van der Waals surface area contributed by atoms with Crippen LogP contribution < -0.4 is 0 Å². The minimum absolute atomic E-state index is 0.208. The van der Waals surface area contributed by atoms with Gasteiger partial charge in [0.05, 0.1) is 15.3 Å². The third-order valence-electron chi connectivity index (χ3n) is 3.48. The molecule has 0 saturated heterocycles. The van der Waals surface area contributed by atoms with E-state index in [1.165, 1.54) is 24.7 Å². The molecule has 0 aliphatic rings. The van der Waals surface area contributed by atoms with Gasteiger partial charge in [0.2, 0.25) is 0 Å². The monoisotopic (exact) mass is 395 g/mol. The SMILES string of the molecule is CS(=O)(=NC(=O)c1cncc(C#Cc2ccccn2)c1)c1cccc(Cl)c1. The van der Waals surface area contributed by atoms with Gasteiger partial charge in [-0.1, -0.05) is 29.7 Å². The zero-order chi connectivity index (χ0) is 19.3. The molecule has 0 bridgehead atoms. The van der Waals surface area contributed by atoms with E-state index in [-0.39, 0.29) is 5.56 Å². The number of carbonyl (C=O) groups is 1. The third-order valence-corrected chi connectivity index (χ3v) is 5.35. The third kappa shape index (κ3) is 5.00. The normalized spacial score (nSPS) is 12.4. The number of benzene rings is 1. The maximum absolute atomic E-state index is 12.8. The number of nitrogens with zero attached hydrogens (tertiary/aromatic N) is 3. The van der Waals surface area contributed by atoms with Crippen molar-refractivity contribution in [2.75, 3.05) is 6.26 Å². The Kier molecular flexibility index (Phi) is 5.65. The minimum atomic E-state index is -2.93. The minimum Gasteiger partial charge on any atom is -0.266 e. The lowest BCUT2D eigenvalue weighted by atomic mass is 10.2. The molecule has 3 aromatic rings. The molecular formula is C20H14ClN3O2S. The van der Waals surface area contributed by atoms with Crippen molar-refractivity contribution in [2.24, 2.45) is 4.36 Å². The zero-order valence-corrected chi connectivity index (χ0v) is 15.9. The quantitative estimate of drug-likeness (QED) is 0.618. The van der Waals surface area contributed by atoms with Crippen LogP contribution in [0, 0.1) is 11.8 Å². The van der Waals surface area contributed by atoms with Crippen molar-refractivity contribution in [3.8, 4) is 11.8 Å². The van der Waals surface area contributed by atoms with Crippen molar-refractivity contribution in [1.29, 1.82) is 0 Å². The van der Waals surface area contributed by atoms with Gasteiger partial charge in [0.1, 0.15) is 5.69 Å². The Morgan fingerprint density at radius 2 is 1.96 bits per heavy atom. The molecule has 2 aromatic heterocycles. The molecule has 0 aliphatic heterocycles. The Bertz CT molecular complexity index is 1170. The van der Waals surface area contributed by atoms with Crippen LogP contribution in [0.1, 0.15) is 21.6 Å². The van der Waals surface area contributed by atoms with E-state index in [1.807, 2.05) is 6.07 Å². The second-order valence-electron chi connectivity index (χ2n) is 5.58. The average molecular weight is 396 g/mol. The highest BCUT2D eigenvalue weighted by Crippen LogP contribution is 2.18. The van der Waals surface area contributed by atoms with E-state index in [0.29, 0.717) is 21.2 Å². The highest BCUT2D eigenvalue weighted by atomic mass is 35.5. The first-order valence-corrected chi connectivity index (χ1v) is 10.1. The van der Waals surface area contributed by atoms with Crippen LogP contribution in [0.15, 0.2) is 76.4 Å². The van der Waals surface area contributed by atoms with Gasteiger partial charge in [0.25, 0.3) is 5.91 Å². The van der Waals surface area contributed by atoms with Crippen LogP contribution in [0.2, 0.25) is 5.02 Å². The molecule has 2 heterocycles. The Balaban J connectivity index is 1.90. The first-order valence-electron chi connectivity index (χ1n) is 7.84. The fraction of sp³-hybridized carbons (Fsp3) is 0.0500. The summed E-state index contributed by atoms with van der Waals surface area (Å²) in [4.78, 5) is 21.0. The second kappa shape index (κ2) is 8.12. The number of carbonyl (C=O) groups excluding carboxylic acids is 1. The van der Waals surface area contributed by atoms with Crippen LogP contribution in [0.4, 0.5) is 0 Å². The lowest BCUT2D eigenvalue weighted by molar-refractivity contribution is 0.100. The zero-order valence-electron chi connectivity index (χ0n) is 14.3. The molecule has 1 unspecified atom stereocenters. The lowest BCUT2D eigenvalue weighted by Crippen LogP contribution is -2.04. The number of hydrogen-bond acceptors (Lipinski definition) is 4. The predicted molar refractivity (Wildman–Crippen MR) is 105 cm³/mol. The molecule has 134 valence electrons. The summed E-state index contributed by atoms with van der Waals surface area (Å²) in [7, 11) is -2.93. The van der Waals surface area contributed by atoms with Crippen LogP contribution in [0.5, 0.6) is 0 Å². The molecule has 1 amide bonds. The molecule has 0 N–H and O–H groups in total. The van der Waals surface area contributed by atoms with Crippen molar-refractivity contribution in [1.82, 2.24) is 9.97 Å². The molecule has 0 aliphatic carbocycles. The van der Waals surface area contributed by atoms with Crippen LogP contribution in [-0.4, -0.2) is 26.3 Å². The molecule has 0 radical (unpaired) electrons. The Labute approximate surface area is 162 Å². The molecular weight excluding hydrogens is 382 g/mol. The van der Waals surface area contributed by atoms with E-state index in [4.69, 9.17) is 11.6 Å². The standard InChI is InChI=1S/C20H14ClN3O2S/c1-27(26,19-7-4-5-17(21)12-19)24-20(25)16-11-15(13-22-14-16)8-9-18-6-2-3-10-23-18/h2-7,10-14H,1H3. The smallest absolute Gasteiger partial charge is 0.266 e. The van der Waals surface area contributed by atoms with Crippen LogP contribution in [0.25, 0.3) is 0 Å². The molecule has 27 heavy (non-hydrogen) atoms. The summed E-state index contributed by atoms with van der Waals surface area (Å²) >= 11 is 5.93. The number of hydrogen-bond donors (Lipinski definition) is 0. The molecule has 5 nitrogen and oxygen atoms in total. The van der Waals surface area contributed by atoms with Gasteiger partial charge >= 0.3 is 0 Å². The van der Waals surface area contributed by atoms with Gasteiger partial charge < -0.3 is 0 Å². The summed E-state index contributed by atoms with van der Waals surface area (Å²) in [5, 5.41) is 0.429. The predicted octanol–water partition coefficient (Wildman–Crippen LogP) is 3.83. The van der Waals surface area contributed by atoms with E-state index in [0.717, 1.165) is 0 Å².